The lowest BCUT2D eigenvalue weighted by Crippen LogP contribution is -2.58. The lowest BCUT2D eigenvalue weighted by atomic mass is 10.4. The van der Waals surface area contributed by atoms with Gasteiger partial charge in [-0.25, -0.2) is 20.0 Å². The van der Waals surface area contributed by atoms with E-state index in [4.69, 9.17) is 0 Å². The summed E-state index contributed by atoms with van der Waals surface area (Å²) in [5, 5.41) is 9.95. The van der Waals surface area contributed by atoms with E-state index in [9.17, 15) is 0 Å². The number of rotatable bonds is 0. The van der Waals surface area contributed by atoms with Crippen molar-refractivity contribution in [2.75, 3.05) is 39.5 Å². The highest BCUT2D eigenvalue weighted by atomic mass is 15.8. The Labute approximate surface area is 73.3 Å². The molecule has 4 heteroatoms. The van der Waals surface area contributed by atoms with Gasteiger partial charge in [-0.2, -0.15) is 0 Å². The molecule has 0 saturated carbocycles. The molecule has 0 atom stereocenters. The van der Waals surface area contributed by atoms with Gasteiger partial charge in [0.1, 0.15) is 0 Å². The van der Waals surface area contributed by atoms with E-state index >= 15 is 0 Å². The molecule has 3 heterocycles. The number of nitrogens with zero attached hydrogens (tertiary/aromatic N) is 4. The lowest BCUT2D eigenvalue weighted by molar-refractivity contribution is -0.182. The molecule has 3 saturated heterocycles. The summed E-state index contributed by atoms with van der Waals surface area (Å²) in [6.07, 6.45) is 2.70. The summed E-state index contributed by atoms with van der Waals surface area (Å²) in [5.41, 5.74) is 0. The van der Waals surface area contributed by atoms with Gasteiger partial charge in [-0.3, -0.25) is 0 Å². The van der Waals surface area contributed by atoms with Crippen LogP contribution in [0.15, 0.2) is 0 Å². The highest BCUT2D eigenvalue weighted by Crippen LogP contribution is 2.21. The van der Waals surface area contributed by atoms with Crippen molar-refractivity contribution in [1.29, 1.82) is 0 Å². The van der Waals surface area contributed by atoms with E-state index in [0.29, 0.717) is 0 Å². The van der Waals surface area contributed by atoms with Gasteiger partial charge in [-0.15, -0.1) is 0 Å². The van der Waals surface area contributed by atoms with Crippen molar-refractivity contribution in [2.45, 2.75) is 12.8 Å². The molecule has 0 amide bonds. The van der Waals surface area contributed by atoms with Gasteiger partial charge in [0.25, 0.3) is 0 Å². The van der Waals surface area contributed by atoms with E-state index in [0.717, 1.165) is 13.3 Å². The zero-order valence-electron chi connectivity index (χ0n) is 7.45. The first-order chi connectivity index (χ1) is 5.93. The highest BCUT2D eigenvalue weighted by molar-refractivity contribution is 4.76. The molecule has 3 aliphatic rings. The molecular weight excluding hydrogens is 152 g/mol. The van der Waals surface area contributed by atoms with Crippen LogP contribution in [-0.2, 0) is 0 Å². The molecule has 4 nitrogen and oxygen atoms in total. The average molecular weight is 168 g/mol. The monoisotopic (exact) mass is 168 g/mol. The Balaban J connectivity index is 1.75. The molecule has 3 aliphatic heterocycles. The van der Waals surface area contributed by atoms with Crippen LogP contribution < -0.4 is 0 Å². The van der Waals surface area contributed by atoms with Crippen LogP contribution in [0.2, 0.25) is 0 Å². The van der Waals surface area contributed by atoms with Crippen molar-refractivity contribution >= 4 is 0 Å². The third-order valence-corrected chi connectivity index (χ3v) is 3.12. The lowest BCUT2D eigenvalue weighted by Gasteiger charge is -2.43. The Bertz CT molecular complexity index is 148. The average Bonchev–Trinajstić information content (AvgIpc) is 2.64. The minimum absolute atomic E-state index is 1.14. The predicted octanol–water partition coefficient (Wildman–Crippen LogP) is -0.240. The molecule has 0 aromatic rings. The first kappa shape index (κ1) is 7.26. The van der Waals surface area contributed by atoms with Gasteiger partial charge in [0.05, 0.1) is 13.3 Å². The van der Waals surface area contributed by atoms with Crippen LogP contribution in [-0.4, -0.2) is 59.6 Å². The Morgan fingerprint density at radius 1 is 0.500 bits per heavy atom. The summed E-state index contributed by atoms with van der Waals surface area (Å²) in [7, 11) is 0. The fourth-order valence-corrected chi connectivity index (χ4v) is 2.45. The van der Waals surface area contributed by atoms with Crippen molar-refractivity contribution in [3.8, 4) is 0 Å². The fraction of sp³-hybridized carbons (Fsp3) is 1.00. The van der Waals surface area contributed by atoms with Crippen LogP contribution in [0.5, 0.6) is 0 Å². The van der Waals surface area contributed by atoms with Crippen LogP contribution in [0.3, 0.4) is 0 Å². The van der Waals surface area contributed by atoms with E-state index in [-0.39, 0.29) is 0 Å². The van der Waals surface area contributed by atoms with Crippen LogP contribution in [0.25, 0.3) is 0 Å². The molecule has 3 rings (SSSR count). The summed E-state index contributed by atoms with van der Waals surface area (Å²) in [4.78, 5) is 0. The van der Waals surface area contributed by atoms with Crippen LogP contribution in [0, 0.1) is 0 Å². The molecule has 0 spiro atoms. The number of hydrogen-bond donors (Lipinski definition) is 0. The second-order valence-electron chi connectivity index (χ2n) is 3.91. The normalized spacial score (nSPS) is 34.0. The van der Waals surface area contributed by atoms with Gasteiger partial charge in [0, 0.05) is 26.2 Å². The third-order valence-electron chi connectivity index (χ3n) is 3.12. The van der Waals surface area contributed by atoms with E-state index in [2.05, 4.69) is 20.0 Å². The van der Waals surface area contributed by atoms with Gasteiger partial charge in [0.2, 0.25) is 0 Å². The topological polar surface area (TPSA) is 13.0 Å². The molecule has 12 heavy (non-hydrogen) atoms. The molecule has 0 aromatic carbocycles. The van der Waals surface area contributed by atoms with E-state index in [1.54, 1.807) is 0 Å². The van der Waals surface area contributed by atoms with Gasteiger partial charge in [-0.05, 0) is 12.8 Å². The Morgan fingerprint density at radius 3 is 1.17 bits per heavy atom. The maximum absolute atomic E-state index is 2.49. The van der Waals surface area contributed by atoms with Crippen molar-refractivity contribution in [3.05, 3.63) is 0 Å². The van der Waals surface area contributed by atoms with Gasteiger partial charge in [0.15, 0.2) is 0 Å². The number of fused-ring (bicyclic) bond motifs is 2. The summed E-state index contributed by atoms with van der Waals surface area (Å²) >= 11 is 0. The molecule has 0 unspecified atom stereocenters. The molecule has 3 fully saturated rings. The Kier molecular flexibility index (Phi) is 1.61. The maximum atomic E-state index is 2.49. The molecule has 0 N–H and O–H groups in total. The van der Waals surface area contributed by atoms with Gasteiger partial charge >= 0.3 is 0 Å². The molecule has 0 bridgehead atoms. The maximum Gasteiger partial charge on any atom is 0.0787 e. The fourth-order valence-electron chi connectivity index (χ4n) is 2.45. The second-order valence-corrected chi connectivity index (χ2v) is 3.91. The zero-order chi connectivity index (χ0) is 7.97. The molecule has 0 radical (unpaired) electrons. The number of hydrogen-bond acceptors (Lipinski definition) is 4. The summed E-state index contributed by atoms with van der Waals surface area (Å²) < 4.78 is 0. The minimum Gasteiger partial charge on any atom is -0.225 e. The van der Waals surface area contributed by atoms with Crippen molar-refractivity contribution in [3.63, 3.8) is 0 Å². The van der Waals surface area contributed by atoms with Gasteiger partial charge in [-0.1, -0.05) is 0 Å². The van der Waals surface area contributed by atoms with Crippen LogP contribution in [0.4, 0.5) is 0 Å². The highest BCUT2D eigenvalue weighted by Gasteiger charge is 2.35. The largest absolute Gasteiger partial charge is 0.225 e. The van der Waals surface area contributed by atoms with E-state index in [1.807, 2.05) is 0 Å². The van der Waals surface area contributed by atoms with E-state index in [1.165, 1.54) is 39.0 Å². The smallest absolute Gasteiger partial charge is 0.0787 e. The predicted molar refractivity (Wildman–Crippen MR) is 45.8 cm³/mol. The quantitative estimate of drug-likeness (QED) is 0.495. The second kappa shape index (κ2) is 2.67. The molecule has 0 aromatic heterocycles. The Hall–Kier alpha value is -0.160. The zero-order valence-corrected chi connectivity index (χ0v) is 7.45. The number of hydrazine groups is 2. The summed E-state index contributed by atoms with van der Waals surface area (Å²) in [5.74, 6) is 0. The summed E-state index contributed by atoms with van der Waals surface area (Å²) in [6, 6.07) is 0. The molecule has 68 valence electrons. The SMILES string of the molecule is C1CN2CN3CCCN3CN2C1. The minimum atomic E-state index is 1.14. The van der Waals surface area contributed by atoms with Crippen LogP contribution >= 0.6 is 0 Å². The summed E-state index contributed by atoms with van der Waals surface area (Å²) in [6.45, 7) is 7.35. The standard InChI is InChI=1S/C8H16N4/c1-3-9-7-11-5-2-6-12(11)8-10(9)4-1/h1-8H2. The van der Waals surface area contributed by atoms with Gasteiger partial charge < -0.3 is 0 Å². The van der Waals surface area contributed by atoms with Crippen molar-refractivity contribution < 1.29 is 0 Å². The molecule has 0 aliphatic carbocycles. The first-order valence-corrected chi connectivity index (χ1v) is 4.93. The molecular formula is C8H16N4. The van der Waals surface area contributed by atoms with Crippen molar-refractivity contribution in [2.24, 2.45) is 0 Å². The van der Waals surface area contributed by atoms with Crippen LogP contribution in [0.1, 0.15) is 12.8 Å². The van der Waals surface area contributed by atoms with E-state index < -0.39 is 0 Å². The third kappa shape index (κ3) is 0.992. The van der Waals surface area contributed by atoms with Crippen molar-refractivity contribution in [1.82, 2.24) is 20.0 Å². The Morgan fingerprint density at radius 2 is 0.833 bits per heavy atom. The first-order valence-electron chi connectivity index (χ1n) is 4.93.